The number of hydrogen-bond acceptors (Lipinski definition) is 2. The average molecular weight is 222 g/mol. The number of allylic oxidation sites excluding steroid dienone is 1. The van der Waals surface area contributed by atoms with E-state index in [1.165, 1.54) is 64.0 Å². The number of nitrogens with one attached hydrogen (secondary N) is 1. The minimum atomic E-state index is 0.796. The van der Waals surface area contributed by atoms with Gasteiger partial charge in [-0.2, -0.15) is 0 Å². The molecular formula is C14H26N2. The fraction of sp³-hybridized carbons (Fsp3) is 0.857. The minimum Gasteiger partial charge on any atom is -0.317 e. The van der Waals surface area contributed by atoms with Crippen LogP contribution in [0.3, 0.4) is 0 Å². The summed E-state index contributed by atoms with van der Waals surface area (Å²) in [6.45, 7) is 12.7. The molecule has 2 fully saturated rings. The highest BCUT2D eigenvalue weighted by Crippen LogP contribution is 2.24. The Kier molecular flexibility index (Phi) is 4.42. The van der Waals surface area contributed by atoms with E-state index in [0.29, 0.717) is 0 Å². The highest BCUT2D eigenvalue weighted by molar-refractivity contribution is 4.98. The summed E-state index contributed by atoms with van der Waals surface area (Å²) in [6, 6.07) is 0. The number of piperidine rings is 2. The molecule has 2 aliphatic heterocycles. The van der Waals surface area contributed by atoms with Crippen LogP contribution in [-0.4, -0.2) is 37.6 Å². The van der Waals surface area contributed by atoms with Crippen molar-refractivity contribution in [3.05, 3.63) is 12.2 Å². The molecule has 0 aliphatic carbocycles. The Hall–Kier alpha value is -0.340. The molecule has 16 heavy (non-hydrogen) atoms. The van der Waals surface area contributed by atoms with Crippen LogP contribution in [0.5, 0.6) is 0 Å². The van der Waals surface area contributed by atoms with Crippen molar-refractivity contribution in [2.24, 2.45) is 11.8 Å². The monoisotopic (exact) mass is 222 g/mol. The molecular weight excluding hydrogens is 196 g/mol. The summed E-state index contributed by atoms with van der Waals surface area (Å²) >= 11 is 0. The average Bonchev–Trinajstić information content (AvgIpc) is 2.31. The molecule has 2 saturated heterocycles. The molecule has 2 aliphatic rings. The predicted molar refractivity (Wildman–Crippen MR) is 69.6 cm³/mol. The first-order valence-corrected chi connectivity index (χ1v) is 6.84. The highest BCUT2D eigenvalue weighted by atomic mass is 15.1. The van der Waals surface area contributed by atoms with Gasteiger partial charge in [-0.25, -0.2) is 0 Å². The molecule has 0 spiro atoms. The second-order valence-electron chi connectivity index (χ2n) is 5.61. The fourth-order valence-electron chi connectivity index (χ4n) is 3.04. The van der Waals surface area contributed by atoms with E-state index < -0.39 is 0 Å². The summed E-state index contributed by atoms with van der Waals surface area (Å²) < 4.78 is 0. The minimum absolute atomic E-state index is 0.796. The van der Waals surface area contributed by atoms with Crippen LogP contribution < -0.4 is 5.32 Å². The lowest BCUT2D eigenvalue weighted by Gasteiger charge is -2.35. The van der Waals surface area contributed by atoms with E-state index in [4.69, 9.17) is 0 Å². The number of rotatable bonds is 3. The number of nitrogens with zero attached hydrogens (tertiary/aromatic N) is 1. The molecule has 92 valence electrons. The quantitative estimate of drug-likeness (QED) is 0.737. The third kappa shape index (κ3) is 3.33. The van der Waals surface area contributed by atoms with Crippen LogP contribution in [0.2, 0.25) is 0 Å². The highest BCUT2D eigenvalue weighted by Gasteiger charge is 2.22. The lowest BCUT2D eigenvalue weighted by atomic mass is 9.89. The van der Waals surface area contributed by atoms with Gasteiger partial charge in [-0.15, -0.1) is 0 Å². The van der Waals surface area contributed by atoms with Crippen molar-refractivity contribution >= 4 is 0 Å². The SMILES string of the molecule is C=C(C)C1CCN(CC2CCNCC2)CC1. The van der Waals surface area contributed by atoms with Gasteiger partial charge in [0.15, 0.2) is 0 Å². The zero-order valence-electron chi connectivity index (χ0n) is 10.7. The lowest BCUT2D eigenvalue weighted by molar-refractivity contribution is 0.158. The lowest BCUT2D eigenvalue weighted by Crippen LogP contribution is -2.40. The van der Waals surface area contributed by atoms with E-state index in [1.54, 1.807) is 0 Å². The van der Waals surface area contributed by atoms with E-state index in [1.807, 2.05) is 0 Å². The first-order chi connectivity index (χ1) is 7.75. The Morgan fingerprint density at radius 3 is 2.38 bits per heavy atom. The standard InChI is InChI=1S/C14H26N2/c1-12(2)14-5-9-16(10-6-14)11-13-3-7-15-8-4-13/h13-15H,1,3-11H2,2H3. The van der Waals surface area contributed by atoms with Crippen LogP contribution in [0.4, 0.5) is 0 Å². The summed E-state index contributed by atoms with van der Waals surface area (Å²) in [5, 5.41) is 3.44. The smallest absolute Gasteiger partial charge is 0.00106 e. The van der Waals surface area contributed by atoms with E-state index in [0.717, 1.165) is 11.8 Å². The van der Waals surface area contributed by atoms with Crippen LogP contribution in [0.15, 0.2) is 12.2 Å². The van der Waals surface area contributed by atoms with Gasteiger partial charge in [0, 0.05) is 6.54 Å². The van der Waals surface area contributed by atoms with Crippen molar-refractivity contribution in [1.82, 2.24) is 10.2 Å². The van der Waals surface area contributed by atoms with E-state index in [9.17, 15) is 0 Å². The van der Waals surface area contributed by atoms with Gasteiger partial charge in [-0.3, -0.25) is 0 Å². The van der Waals surface area contributed by atoms with Crippen molar-refractivity contribution in [3.63, 3.8) is 0 Å². The summed E-state index contributed by atoms with van der Waals surface area (Å²) in [5.74, 6) is 1.74. The van der Waals surface area contributed by atoms with Crippen LogP contribution >= 0.6 is 0 Å². The van der Waals surface area contributed by atoms with Gasteiger partial charge in [0.05, 0.1) is 0 Å². The second kappa shape index (κ2) is 5.83. The molecule has 0 aromatic heterocycles. The number of hydrogen-bond donors (Lipinski definition) is 1. The maximum absolute atomic E-state index is 4.09. The molecule has 0 unspecified atom stereocenters. The third-order valence-electron chi connectivity index (χ3n) is 4.26. The van der Waals surface area contributed by atoms with Crippen LogP contribution in [0, 0.1) is 11.8 Å². The van der Waals surface area contributed by atoms with Crippen LogP contribution in [0.1, 0.15) is 32.6 Å². The van der Waals surface area contributed by atoms with Crippen molar-refractivity contribution in [2.75, 3.05) is 32.7 Å². The zero-order chi connectivity index (χ0) is 11.4. The molecule has 0 aromatic carbocycles. The Labute approximate surface area is 100 Å². The first kappa shape index (κ1) is 12.1. The first-order valence-electron chi connectivity index (χ1n) is 6.84. The molecule has 0 saturated carbocycles. The van der Waals surface area contributed by atoms with Crippen molar-refractivity contribution in [3.8, 4) is 0 Å². The zero-order valence-corrected chi connectivity index (χ0v) is 10.7. The van der Waals surface area contributed by atoms with Gasteiger partial charge in [-0.1, -0.05) is 12.2 Å². The van der Waals surface area contributed by atoms with Gasteiger partial charge < -0.3 is 10.2 Å². The summed E-state index contributed by atoms with van der Waals surface area (Å²) in [6.07, 6.45) is 5.42. The second-order valence-corrected chi connectivity index (χ2v) is 5.61. The summed E-state index contributed by atoms with van der Waals surface area (Å²) in [5.41, 5.74) is 1.39. The molecule has 0 radical (unpaired) electrons. The summed E-state index contributed by atoms with van der Waals surface area (Å²) in [4.78, 5) is 2.68. The fourth-order valence-corrected chi connectivity index (χ4v) is 3.04. The molecule has 1 N–H and O–H groups in total. The Balaban J connectivity index is 1.70. The Morgan fingerprint density at radius 2 is 1.81 bits per heavy atom. The van der Waals surface area contributed by atoms with Gasteiger partial charge in [0.2, 0.25) is 0 Å². The van der Waals surface area contributed by atoms with E-state index >= 15 is 0 Å². The third-order valence-corrected chi connectivity index (χ3v) is 4.26. The Morgan fingerprint density at radius 1 is 1.19 bits per heavy atom. The van der Waals surface area contributed by atoms with Crippen molar-refractivity contribution in [1.29, 1.82) is 0 Å². The molecule has 0 atom stereocenters. The maximum atomic E-state index is 4.09. The molecule has 0 aromatic rings. The van der Waals surface area contributed by atoms with Crippen molar-refractivity contribution < 1.29 is 0 Å². The largest absolute Gasteiger partial charge is 0.317 e. The topological polar surface area (TPSA) is 15.3 Å². The molecule has 0 amide bonds. The van der Waals surface area contributed by atoms with Gasteiger partial charge in [0.25, 0.3) is 0 Å². The number of likely N-dealkylation sites (tertiary alicyclic amines) is 1. The normalized spacial score (nSPS) is 25.8. The van der Waals surface area contributed by atoms with Gasteiger partial charge in [-0.05, 0) is 70.6 Å². The maximum Gasteiger partial charge on any atom is 0.00106 e. The van der Waals surface area contributed by atoms with Crippen molar-refractivity contribution in [2.45, 2.75) is 32.6 Å². The molecule has 2 rings (SSSR count). The molecule has 0 bridgehead atoms. The molecule has 2 heterocycles. The molecule has 2 nitrogen and oxygen atoms in total. The van der Waals surface area contributed by atoms with Crippen LogP contribution in [-0.2, 0) is 0 Å². The van der Waals surface area contributed by atoms with Gasteiger partial charge in [0.1, 0.15) is 0 Å². The Bertz CT molecular complexity index is 223. The molecule has 2 heteroatoms. The van der Waals surface area contributed by atoms with Crippen LogP contribution in [0.25, 0.3) is 0 Å². The van der Waals surface area contributed by atoms with E-state index in [-0.39, 0.29) is 0 Å². The van der Waals surface area contributed by atoms with Gasteiger partial charge >= 0.3 is 0 Å². The summed E-state index contributed by atoms with van der Waals surface area (Å²) in [7, 11) is 0. The van der Waals surface area contributed by atoms with E-state index in [2.05, 4.69) is 23.7 Å². The predicted octanol–water partition coefficient (Wildman–Crippen LogP) is 2.27.